The highest BCUT2D eigenvalue weighted by molar-refractivity contribution is 6.27. The number of carbonyl (C=O) groups excluding carboxylic acids is 5. The van der Waals surface area contributed by atoms with Gasteiger partial charge < -0.3 is 14.2 Å². The number of rotatable bonds is 8. The smallest absolute Gasteiger partial charge is 0.309 e. The normalized spacial score (nSPS) is 14.4. The van der Waals surface area contributed by atoms with Crippen LogP contribution >= 0.6 is 0 Å². The molecule has 176 valence electrons. The van der Waals surface area contributed by atoms with Crippen molar-refractivity contribution in [1.82, 2.24) is 0 Å². The predicted molar refractivity (Wildman–Crippen MR) is 119 cm³/mol. The lowest BCUT2D eigenvalue weighted by Crippen LogP contribution is -2.31. The molecule has 0 N–H and O–H groups in total. The van der Waals surface area contributed by atoms with Crippen molar-refractivity contribution >= 4 is 29.5 Å². The van der Waals surface area contributed by atoms with E-state index in [1.54, 1.807) is 13.0 Å². The Hall–Kier alpha value is -3.55. The number of benzene rings is 1. The van der Waals surface area contributed by atoms with Gasteiger partial charge in [-0.15, -0.1) is 0 Å². The lowest BCUT2D eigenvalue weighted by molar-refractivity contribution is -0.151. The maximum atomic E-state index is 13.5. The minimum Gasteiger partial charge on any atom is -0.457 e. The third-order valence-corrected chi connectivity index (χ3v) is 5.02. The Labute approximate surface area is 192 Å². The Balaban J connectivity index is 2.63. The molecule has 33 heavy (non-hydrogen) atoms. The molecule has 0 aromatic heterocycles. The van der Waals surface area contributed by atoms with E-state index in [0.717, 1.165) is 25.5 Å². The van der Waals surface area contributed by atoms with Gasteiger partial charge >= 0.3 is 17.9 Å². The van der Waals surface area contributed by atoms with E-state index in [1.165, 1.54) is 12.1 Å². The zero-order valence-electron chi connectivity index (χ0n) is 19.6. The second-order valence-corrected chi connectivity index (χ2v) is 8.04. The summed E-state index contributed by atoms with van der Waals surface area (Å²) < 4.78 is 15.9. The Morgan fingerprint density at radius 1 is 0.939 bits per heavy atom. The molecule has 1 aliphatic rings. The molecule has 0 bridgehead atoms. The molecular formula is C25H28O8. The van der Waals surface area contributed by atoms with Crippen molar-refractivity contribution in [2.75, 3.05) is 0 Å². The van der Waals surface area contributed by atoms with Gasteiger partial charge in [-0.25, -0.2) is 0 Å². The van der Waals surface area contributed by atoms with Gasteiger partial charge in [-0.2, -0.15) is 0 Å². The van der Waals surface area contributed by atoms with E-state index in [9.17, 15) is 24.0 Å². The molecule has 2 atom stereocenters. The molecule has 8 heteroatoms. The first-order valence-corrected chi connectivity index (χ1v) is 10.6. The van der Waals surface area contributed by atoms with E-state index in [1.807, 2.05) is 20.8 Å². The average molecular weight is 456 g/mol. The number of hydrogen-bond donors (Lipinski definition) is 0. The topological polar surface area (TPSA) is 113 Å². The van der Waals surface area contributed by atoms with Crippen LogP contribution < -0.4 is 9.47 Å². The summed E-state index contributed by atoms with van der Waals surface area (Å²) in [5.41, 5.74) is 0.489. The molecule has 1 aromatic rings. The summed E-state index contributed by atoms with van der Waals surface area (Å²) in [6.07, 6.45) is 2.59. The number of ether oxygens (including phenoxy) is 3. The molecule has 0 saturated heterocycles. The molecule has 0 heterocycles. The summed E-state index contributed by atoms with van der Waals surface area (Å²) in [4.78, 5) is 62.2. The zero-order valence-corrected chi connectivity index (χ0v) is 19.6. The van der Waals surface area contributed by atoms with Gasteiger partial charge in [0.2, 0.25) is 0 Å². The van der Waals surface area contributed by atoms with Crippen LogP contribution in [0.15, 0.2) is 35.4 Å². The van der Waals surface area contributed by atoms with Crippen LogP contribution in [0.3, 0.4) is 0 Å². The third kappa shape index (κ3) is 6.25. The summed E-state index contributed by atoms with van der Waals surface area (Å²) in [6.45, 7) is 9.58. The van der Waals surface area contributed by atoms with Gasteiger partial charge in [0.05, 0.1) is 17.0 Å². The number of hydrogen-bond acceptors (Lipinski definition) is 8. The average Bonchev–Trinajstić information content (AvgIpc) is 2.73. The SMILES string of the molecule is CCC(C)C(=O)OC(CC=C(C)C)C1=CC(=O)c2c(OC(C)=O)ccc(OC(C)=O)c2C1=O. The summed E-state index contributed by atoms with van der Waals surface area (Å²) >= 11 is 0. The van der Waals surface area contributed by atoms with Crippen LogP contribution in [0.4, 0.5) is 0 Å². The standard InChI is InChI=1S/C25H28O8/c1-7-14(4)25(30)33-19(9-8-13(2)3)17-12-18(28)22-20(31-15(5)26)10-11-21(32-16(6)27)23(22)24(17)29/h8,10-12,14,19H,7,9H2,1-6H3. The van der Waals surface area contributed by atoms with Crippen molar-refractivity contribution in [2.24, 2.45) is 5.92 Å². The minimum absolute atomic E-state index is 0.0463. The predicted octanol–water partition coefficient (Wildman–Crippen LogP) is 4.16. The van der Waals surface area contributed by atoms with E-state index in [0.29, 0.717) is 6.42 Å². The van der Waals surface area contributed by atoms with Crippen LogP contribution in [0.25, 0.3) is 0 Å². The molecule has 0 aliphatic heterocycles. The van der Waals surface area contributed by atoms with Gasteiger partial charge in [0.15, 0.2) is 11.6 Å². The molecule has 1 aromatic carbocycles. The monoisotopic (exact) mass is 456 g/mol. The summed E-state index contributed by atoms with van der Waals surface area (Å²) in [5.74, 6) is -3.83. The van der Waals surface area contributed by atoms with Crippen LogP contribution in [-0.2, 0) is 19.1 Å². The lowest BCUT2D eigenvalue weighted by atomic mass is 9.85. The largest absolute Gasteiger partial charge is 0.457 e. The van der Waals surface area contributed by atoms with E-state index < -0.39 is 41.5 Å². The van der Waals surface area contributed by atoms with Crippen molar-refractivity contribution in [3.8, 4) is 11.5 Å². The summed E-state index contributed by atoms with van der Waals surface area (Å²) in [7, 11) is 0. The first kappa shape index (κ1) is 25.7. The number of Topliss-reactive ketones (excluding diaryl/α,β-unsaturated/α-hetero) is 1. The zero-order chi connectivity index (χ0) is 24.9. The highest BCUT2D eigenvalue weighted by atomic mass is 16.5. The maximum Gasteiger partial charge on any atom is 0.309 e. The van der Waals surface area contributed by atoms with Gasteiger partial charge in [0, 0.05) is 25.8 Å². The first-order chi connectivity index (χ1) is 15.5. The van der Waals surface area contributed by atoms with Crippen LogP contribution in [-0.4, -0.2) is 35.6 Å². The van der Waals surface area contributed by atoms with E-state index in [2.05, 4.69) is 0 Å². The Bertz CT molecular complexity index is 1060. The molecular weight excluding hydrogens is 428 g/mol. The van der Waals surface area contributed by atoms with Gasteiger partial charge in [0.1, 0.15) is 17.6 Å². The molecule has 0 radical (unpaired) electrons. The third-order valence-electron chi connectivity index (χ3n) is 5.02. The Kier molecular flexibility index (Phi) is 8.45. The molecule has 1 aliphatic carbocycles. The summed E-state index contributed by atoms with van der Waals surface area (Å²) in [6, 6.07) is 2.56. The number of ketones is 2. The molecule has 2 rings (SSSR count). The fraction of sp³-hybridized carbons (Fsp3) is 0.400. The van der Waals surface area contributed by atoms with Crippen molar-refractivity contribution in [1.29, 1.82) is 0 Å². The van der Waals surface area contributed by atoms with Gasteiger partial charge in [-0.05, 0) is 38.5 Å². The highest BCUT2D eigenvalue weighted by Gasteiger charge is 2.37. The number of esters is 3. The van der Waals surface area contributed by atoms with Crippen molar-refractivity contribution in [2.45, 2.75) is 60.5 Å². The maximum absolute atomic E-state index is 13.5. The fourth-order valence-corrected chi connectivity index (χ4v) is 3.18. The number of allylic oxidation sites excluding steroid dienone is 2. The second-order valence-electron chi connectivity index (χ2n) is 8.04. The Morgan fingerprint density at radius 3 is 1.97 bits per heavy atom. The van der Waals surface area contributed by atoms with Crippen LogP contribution in [0.2, 0.25) is 0 Å². The second kappa shape index (κ2) is 10.8. The van der Waals surface area contributed by atoms with Crippen molar-refractivity contribution in [3.63, 3.8) is 0 Å². The molecule has 8 nitrogen and oxygen atoms in total. The molecule has 0 amide bonds. The van der Waals surface area contributed by atoms with E-state index in [4.69, 9.17) is 14.2 Å². The molecule has 0 saturated carbocycles. The highest BCUT2D eigenvalue weighted by Crippen LogP contribution is 2.38. The molecule has 0 spiro atoms. The molecule has 2 unspecified atom stereocenters. The van der Waals surface area contributed by atoms with Crippen LogP contribution in [0.5, 0.6) is 11.5 Å². The van der Waals surface area contributed by atoms with Crippen molar-refractivity contribution in [3.05, 3.63) is 46.6 Å². The number of carbonyl (C=O) groups is 5. The fourth-order valence-electron chi connectivity index (χ4n) is 3.18. The van der Waals surface area contributed by atoms with Gasteiger partial charge in [-0.1, -0.05) is 25.5 Å². The quantitative estimate of drug-likeness (QED) is 0.326. The summed E-state index contributed by atoms with van der Waals surface area (Å²) in [5, 5.41) is 0. The minimum atomic E-state index is -1.02. The van der Waals surface area contributed by atoms with E-state index in [-0.39, 0.29) is 34.6 Å². The Morgan fingerprint density at radius 2 is 1.48 bits per heavy atom. The van der Waals surface area contributed by atoms with Crippen LogP contribution in [0, 0.1) is 5.92 Å². The van der Waals surface area contributed by atoms with Crippen LogP contribution in [0.1, 0.15) is 75.1 Å². The van der Waals surface area contributed by atoms with Gasteiger partial charge in [0.25, 0.3) is 0 Å². The molecule has 0 fully saturated rings. The van der Waals surface area contributed by atoms with E-state index >= 15 is 0 Å². The number of fused-ring (bicyclic) bond motifs is 1. The van der Waals surface area contributed by atoms with Crippen molar-refractivity contribution < 1.29 is 38.2 Å². The van der Waals surface area contributed by atoms with Gasteiger partial charge in [-0.3, -0.25) is 24.0 Å². The lowest BCUT2D eigenvalue weighted by Gasteiger charge is -2.25. The first-order valence-electron chi connectivity index (χ1n) is 10.6.